The molecule has 8 nitrogen and oxygen atoms in total. The average molecular weight is 517 g/mol. The molecule has 2 N–H and O–H groups in total. The zero-order valence-electron chi connectivity index (χ0n) is 21.2. The number of rotatable bonds is 9. The van der Waals surface area contributed by atoms with Crippen molar-refractivity contribution >= 4 is 28.1 Å². The molecule has 0 atom stereocenters. The van der Waals surface area contributed by atoms with Crippen LogP contribution in [0.4, 0.5) is 10.8 Å². The molecule has 1 aliphatic heterocycles. The third kappa shape index (κ3) is 6.11. The zero-order chi connectivity index (χ0) is 25.6. The summed E-state index contributed by atoms with van der Waals surface area (Å²) in [5.41, 5.74) is 4.52. The third-order valence-corrected chi connectivity index (χ3v) is 7.71. The Bertz CT molecular complexity index is 1310. The normalized spacial score (nSPS) is 13.9. The van der Waals surface area contributed by atoms with Gasteiger partial charge >= 0.3 is 0 Å². The summed E-state index contributed by atoms with van der Waals surface area (Å²) in [4.78, 5) is 15.0. The summed E-state index contributed by atoms with van der Waals surface area (Å²) in [6.45, 7) is 4.90. The van der Waals surface area contributed by atoms with E-state index in [1.54, 1.807) is 18.4 Å². The van der Waals surface area contributed by atoms with Crippen molar-refractivity contribution in [3.8, 4) is 10.9 Å². The van der Waals surface area contributed by atoms with Crippen molar-refractivity contribution in [3.05, 3.63) is 83.7 Å². The maximum absolute atomic E-state index is 12.7. The van der Waals surface area contributed by atoms with Crippen LogP contribution in [0.2, 0.25) is 0 Å². The molecule has 5 rings (SSSR count). The van der Waals surface area contributed by atoms with Crippen LogP contribution in [-0.2, 0) is 17.9 Å². The lowest BCUT2D eigenvalue weighted by Gasteiger charge is -2.30. The Labute approximate surface area is 221 Å². The van der Waals surface area contributed by atoms with Crippen LogP contribution >= 0.6 is 11.3 Å². The number of hydrogen-bond acceptors (Lipinski definition) is 7. The molecule has 0 aliphatic carbocycles. The van der Waals surface area contributed by atoms with Gasteiger partial charge in [0.05, 0.1) is 13.7 Å². The average Bonchev–Trinajstić information content (AvgIpc) is 3.62. The Kier molecular flexibility index (Phi) is 7.70. The first kappa shape index (κ1) is 24.8. The van der Waals surface area contributed by atoms with Crippen LogP contribution in [0.25, 0.3) is 5.13 Å². The molecule has 0 radical (unpaired) electrons. The van der Waals surface area contributed by atoms with Crippen molar-refractivity contribution in [1.29, 1.82) is 0 Å². The second-order valence-electron chi connectivity index (χ2n) is 9.28. The number of nitrogens with one attached hydrogen (secondary N) is 2. The predicted molar refractivity (Wildman–Crippen MR) is 148 cm³/mol. The Morgan fingerprint density at radius 1 is 1.00 bits per heavy atom. The zero-order valence-corrected chi connectivity index (χ0v) is 22.0. The third-order valence-electron chi connectivity index (χ3n) is 6.73. The van der Waals surface area contributed by atoms with E-state index in [2.05, 4.69) is 67.6 Å². The van der Waals surface area contributed by atoms with Crippen molar-refractivity contribution in [3.63, 3.8) is 0 Å². The largest absolute Gasteiger partial charge is 0.497 e. The summed E-state index contributed by atoms with van der Waals surface area (Å²) in [5, 5.41) is 17.2. The highest BCUT2D eigenvalue weighted by molar-refractivity contribution is 7.17. The molecule has 192 valence electrons. The number of hydrogen-bond donors (Lipinski definition) is 2. The quantitative estimate of drug-likeness (QED) is 0.333. The van der Waals surface area contributed by atoms with E-state index in [1.807, 2.05) is 36.5 Å². The van der Waals surface area contributed by atoms with Crippen LogP contribution in [0.1, 0.15) is 29.7 Å². The van der Waals surface area contributed by atoms with E-state index in [4.69, 9.17) is 4.74 Å². The maximum atomic E-state index is 12.7. The molecule has 1 fully saturated rings. The van der Waals surface area contributed by atoms with Crippen LogP contribution in [0.15, 0.2) is 66.9 Å². The molecule has 9 heteroatoms. The van der Waals surface area contributed by atoms with Gasteiger partial charge in [0, 0.05) is 43.1 Å². The van der Waals surface area contributed by atoms with Crippen LogP contribution in [0.3, 0.4) is 0 Å². The fraction of sp³-hybridized carbons (Fsp3) is 0.321. The summed E-state index contributed by atoms with van der Waals surface area (Å²) in [6, 6.07) is 20.3. The van der Waals surface area contributed by atoms with Crippen LogP contribution in [-0.4, -0.2) is 40.9 Å². The topological polar surface area (TPSA) is 84.3 Å². The van der Waals surface area contributed by atoms with Crippen molar-refractivity contribution in [2.45, 2.75) is 32.9 Å². The summed E-state index contributed by atoms with van der Waals surface area (Å²) in [7, 11) is 1.65. The SMILES string of the molecule is COc1ccc(CNC(=O)C2CCN(c3nnc(-n4cccc4CNc4ccc(C)cc4)s3)CC2)cc1. The molecule has 4 aromatic rings. The highest BCUT2D eigenvalue weighted by atomic mass is 32.1. The van der Waals surface area contributed by atoms with E-state index >= 15 is 0 Å². The highest BCUT2D eigenvalue weighted by Gasteiger charge is 2.26. The number of anilines is 2. The number of aryl methyl sites for hydroxylation is 1. The van der Waals surface area contributed by atoms with E-state index in [1.165, 1.54) is 5.56 Å². The predicted octanol–water partition coefficient (Wildman–Crippen LogP) is 4.79. The van der Waals surface area contributed by atoms with E-state index in [9.17, 15) is 4.79 Å². The van der Waals surface area contributed by atoms with Crippen molar-refractivity contribution in [2.75, 3.05) is 30.4 Å². The Morgan fingerprint density at radius 3 is 2.46 bits per heavy atom. The Morgan fingerprint density at radius 2 is 1.73 bits per heavy atom. The van der Waals surface area contributed by atoms with Gasteiger partial charge in [-0.15, -0.1) is 10.2 Å². The molecule has 1 aliphatic rings. The molecule has 2 aromatic heterocycles. The number of aromatic nitrogens is 3. The molecule has 1 amide bonds. The number of carbonyl (C=O) groups is 1. The minimum Gasteiger partial charge on any atom is -0.497 e. The van der Waals surface area contributed by atoms with Crippen LogP contribution in [0, 0.1) is 12.8 Å². The van der Waals surface area contributed by atoms with Crippen molar-refractivity contribution in [2.24, 2.45) is 5.92 Å². The van der Waals surface area contributed by atoms with Crippen molar-refractivity contribution < 1.29 is 9.53 Å². The van der Waals surface area contributed by atoms with E-state index in [0.29, 0.717) is 13.1 Å². The molecule has 2 aromatic carbocycles. The highest BCUT2D eigenvalue weighted by Crippen LogP contribution is 2.29. The van der Waals surface area contributed by atoms with Gasteiger partial charge in [-0.3, -0.25) is 9.36 Å². The van der Waals surface area contributed by atoms with E-state index in [-0.39, 0.29) is 11.8 Å². The van der Waals surface area contributed by atoms with Gasteiger partial charge in [-0.05, 0) is 61.7 Å². The second-order valence-corrected chi connectivity index (χ2v) is 10.2. The monoisotopic (exact) mass is 516 g/mol. The number of piperidine rings is 1. The first-order valence-corrected chi connectivity index (χ1v) is 13.4. The van der Waals surface area contributed by atoms with Gasteiger partial charge in [-0.2, -0.15) is 0 Å². The van der Waals surface area contributed by atoms with Gasteiger partial charge in [-0.25, -0.2) is 0 Å². The molecule has 3 heterocycles. The molecular weight excluding hydrogens is 484 g/mol. The molecule has 37 heavy (non-hydrogen) atoms. The molecule has 0 spiro atoms. The van der Waals surface area contributed by atoms with Gasteiger partial charge < -0.3 is 20.3 Å². The molecule has 0 bridgehead atoms. The summed E-state index contributed by atoms with van der Waals surface area (Å²) in [6.07, 6.45) is 3.63. The number of methoxy groups -OCH3 is 1. The lowest BCUT2D eigenvalue weighted by molar-refractivity contribution is -0.125. The van der Waals surface area contributed by atoms with E-state index < -0.39 is 0 Å². The fourth-order valence-electron chi connectivity index (χ4n) is 4.45. The first-order valence-electron chi connectivity index (χ1n) is 12.6. The Hall–Kier alpha value is -3.85. The number of amides is 1. The van der Waals surface area contributed by atoms with Gasteiger partial charge in [0.15, 0.2) is 0 Å². The lowest BCUT2D eigenvalue weighted by Crippen LogP contribution is -2.40. The molecule has 0 unspecified atom stereocenters. The van der Waals surface area contributed by atoms with Gasteiger partial charge in [-0.1, -0.05) is 41.2 Å². The van der Waals surface area contributed by atoms with Crippen LogP contribution in [0.5, 0.6) is 5.75 Å². The number of nitrogens with zero attached hydrogens (tertiary/aromatic N) is 4. The molecule has 1 saturated heterocycles. The second kappa shape index (κ2) is 11.5. The number of ether oxygens (including phenoxy) is 1. The summed E-state index contributed by atoms with van der Waals surface area (Å²) in [5.74, 6) is 0.950. The smallest absolute Gasteiger partial charge is 0.223 e. The lowest BCUT2D eigenvalue weighted by atomic mass is 9.96. The van der Waals surface area contributed by atoms with Gasteiger partial charge in [0.25, 0.3) is 0 Å². The maximum Gasteiger partial charge on any atom is 0.223 e. The molecular formula is C28H32N6O2S. The standard InChI is InChI=1S/C28H32N6O2S/c1-20-5-9-23(10-6-20)29-19-24-4-3-15-34(24)28-32-31-27(37-28)33-16-13-22(14-17-33)26(35)30-18-21-7-11-25(36-2)12-8-21/h3-12,15,22,29H,13-14,16-19H2,1-2H3,(H,30,35). The number of benzene rings is 2. The summed E-state index contributed by atoms with van der Waals surface area (Å²) < 4.78 is 7.28. The van der Waals surface area contributed by atoms with E-state index in [0.717, 1.165) is 58.9 Å². The van der Waals surface area contributed by atoms with Crippen molar-refractivity contribution in [1.82, 2.24) is 20.1 Å². The minimum atomic E-state index is 0.0193. The fourth-order valence-corrected chi connectivity index (χ4v) is 5.37. The van der Waals surface area contributed by atoms with Crippen LogP contribution < -0.4 is 20.3 Å². The summed E-state index contributed by atoms with van der Waals surface area (Å²) >= 11 is 1.58. The first-order chi connectivity index (χ1) is 18.1. The minimum absolute atomic E-state index is 0.0193. The van der Waals surface area contributed by atoms with Gasteiger partial charge in [0.1, 0.15) is 5.75 Å². The number of carbonyl (C=O) groups excluding carboxylic acids is 1. The Balaban J connectivity index is 1.13. The molecule has 0 saturated carbocycles. The van der Waals surface area contributed by atoms with Gasteiger partial charge in [0.2, 0.25) is 16.2 Å².